The Bertz CT molecular complexity index is 1440. The van der Waals surface area contributed by atoms with Crippen molar-refractivity contribution in [3.8, 4) is 11.5 Å². The molecule has 2 aliphatic heterocycles. The second-order valence-electron chi connectivity index (χ2n) is 9.26. The number of ether oxygens (including phenoxy) is 2. The summed E-state index contributed by atoms with van der Waals surface area (Å²) in [5, 5.41) is 9.84. The number of carbonyl (C=O) groups is 1. The summed E-state index contributed by atoms with van der Waals surface area (Å²) in [5.41, 5.74) is 0.688. The van der Waals surface area contributed by atoms with Gasteiger partial charge in [0.05, 0.1) is 52.8 Å². The van der Waals surface area contributed by atoms with Gasteiger partial charge in [-0.3, -0.25) is 9.69 Å². The Morgan fingerprint density at radius 1 is 1.07 bits per heavy atom. The molecular weight excluding hydrogens is 569 g/mol. The minimum Gasteiger partial charge on any atom is -0.497 e. The zero-order valence-electron chi connectivity index (χ0n) is 21.6. The number of halogens is 4. The third-order valence-corrected chi connectivity index (χ3v) is 8.23. The van der Waals surface area contributed by atoms with Gasteiger partial charge in [-0.25, -0.2) is 4.99 Å². The predicted molar refractivity (Wildman–Crippen MR) is 149 cm³/mol. The standard InChI is InChI=1S/C27H26ClF3N4O4S/c1-38-18-5-3-4-17(13-18)33-8-10-34(11-9-33)26-32-19-14-23(28)40-25(19)21(15-24(36)37)35(26)20-12-16(27(29,30)31)6-7-22(20)39-2/h3-7,12-14,21H,8-11,15H2,1-2H3,(H,36,37)/t21-/m1/s1. The number of benzene rings is 2. The van der Waals surface area contributed by atoms with E-state index in [4.69, 9.17) is 26.1 Å². The largest absolute Gasteiger partial charge is 0.497 e. The Morgan fingerprint density at radius 2 is 1.80 bits per heavy atom. The van der Waals surface area contributed by atoms with Gasteiger partial charge in [0.25, 0.3) is 0 Å². The average molecular weight is 595 g/mol. The first-order valence-electron chi connectivity index (χ1n) is 12.4. The molecule has 0 bridgehead atoms. The van der Waals surface area contributed by atoms with Crippen LogP contribution in [0.15, 0.2) is 53.5 Å². The third kappa shape index (κ3) is 5.50. The fourth-order valence-corrected chi connectivity index (χ4v) is 6.25. The number of aliphatic carboxylic acids is 1. The first kappa shape index (κ1) is 27.9. The van der Waals surface area contributed by atoms with Gasteiger partial charge in [-0.05, 0) is 36.4 Å². The molecule has 0 unspecified atom stereocenters. The van der Waals surface area contributed by atoms with Crippen molar-refractivity contribution in [2.24, 2.45) is 4.99 Å². The summed E-state index contributed by atoms with van der Waals surface area (Å²) >= 11 is 7.48. The summed E-state index contributed by atoms with van der Waals surface area (Å²) in [6, 6.07) is 11.7. The summed E-state index contributed by atoms with van der Waals surface area (Å²) < 4.78 is 52.6. The Hall–Kier alpha value is -3.64. The van der Waals surface area contributed by atoms with Crippen molar-refractivity contribution in [1.82, 2.24) is 4.90 Å². The molecule has 3 aromatic rings. The van der Waals surface area contributed by atoms with Crippen LogP contribution in [-0.4, -0.2) is 62.3 Å². The van der Waals surface area contributed by atoms with Crippen LogP contribution in [0.1, 0.15) is 22.9 Å². The lowest BCUT2D eigenvalue weighted by Gasteiger charge is -2.44. The Labute approximate surface area is 237 Å². The monoisotopic (exact) mass is 594 g/mol. The lowest BCUT2D eigenvalue weighted by atomic mass is 10.0. The zero-order chi connectivity index (χ0) is 28.6. The van der Waals surface area contributed by atoms with Gasteiger partial charge in [-0.2, -0.15) is 13.2 Å². The molecule has 40 heavy (non-hydrogen) atoms. The lowest BCUT2D eigenvalue weighted by Crippen LogP contribution is -2.55. The molecule has 2 aromatic carbocycles. The van der Waals surface area contributed by atoms with Crippen molar-refractivity contribution < 1.29 is 32.5 Å². The summed E-state index contributed by atoms with van der Waals surface area (Å²) in [6.45, 7) is 2.17. The lowest BCUT2D eigenvalue weighted by molar-refractivity contribution is -0.138. The normalized spacial score (nSPS) is 17.4. The zero-order valence-corrected chi connectivity index (χ0v) is 23.2. The van der Waals surface area contributed by atoms with Crippen LogP contribution in [0.3, 0.4) is 0 Å². The second kappa shape index (κ2) is 11.1. The van der Waals surface area contributed by atoms with Gasteiger partial charge in [0.15, 0.2) is 0 Å². The average Bonchev–Trinajstić information content (AvgIpc) is 3.32. The quantitative estimate of drug-likeness (QED) is 0.360. The van der Waals surface area contributed by atoms with Crippen LogP contribution >= 0.6 is 22.9 Å². The number of fused-ring (bicyclic) bond motifs is 1. The van der Waals surface area contributed by atoms with E-state index in [1.807, 2.05) is 29.2 Å². The van der Waals surface area contributed by atoms with E-state index in [1.54, 1.807) is 18.1 Å². The van der Waals surface area contributed by atoms with Crippen LogP contribution in [0, 0.1) is 0 Å². The number of alkyl halides is 3. The fourth-order valence-electron chi connectivity index (χ4n) is 4.98. The van der Waals surface area contributed by atoms with E-state index >= 15 is 0 Å². The molecule has 8 nitrogen and oxygen atoms in total. The van der Waals surface area contributed by atoms with Crippen molar-refractivity contribution in [2.45, 2.75) is 18.6 Å². The molecule has 2 aliphatic rings. The molecule has 3 heterocycles. The highest BCUT2D eigenvalue weighted by Crippen LogP contribution is 2.49. The van der Waals surface area contributed by atoms with Crippen molar-refractivity contribution in [3.63, 3.8) is 0 Å². The van der Waals surface area contributed by atoms with E-state index in [1.165, 1.54) is 13.2 Å². The summed E-state index contributed by atoms with van der Waals surface area (Å²) in [4.78, 5) is 23.1. The number of guanidine groups is 1. The van der Waals surface area contributed by atoms with Crippen LogP contribution in [0.25, 0.3) is 0 Å². The highest BCUT2D eigenvalue weighted by molar-refractivity contribution is 7.16. The minimum atomic E-state index is -4.61. The highest BCUT2D eigenvalue weighted by atomic mass is 35.5. The molecule has 1 aromatic heterocycles. The molecule has 0 radical (unpaired) electrons. The Kier molecular flexibility index (Phi) is 7.74. The van der Waals surface area contributed by atoms with Gasteiger partial charge < -0.3 is 24.4 Å². The number of methoxy groups -OCH3 is 2. The molecule has 1 atom stereocenters. The van der Waals surface area contributed by atoms with E-state index in [0.717, 1.165) is 34.9 Å². The maximum atomic E-state index is 13.8. The van der Waals surface area contributed by atoms with Crippen LogP contribution in [0.5, 0.6) is 11.5 Å². The first-order valence-corrected chi connectivity index (χ1v) is 13.6. The molecule has 1 saturated heterocycles. The molecule has 1 fully saturated rings. The molecule has 5 rings (SSSR count). The van der Waals surface area contributed by atoms with Gasteiger partial charge >= 0.3 is 12.1 Å². The highest BCUT2D eigenvalue weighted by Gasteiger charge is 2.40. The number of hydrogen-bond donors (Lipinski definition) is 1. The molecule has 1 N–H and O–H groups in total. The summed E-state index contributed by atoms with van der Waals surface area (Å²) in [6.07, 6.45) is -5.00. The molecule has 13 heteroatoms. The summed E-state index contributed by atoms with van der Waals surface area (Å²) in [7, 11) is 2.97. The van der Waals surface area contributed by atoms with Crippen LogP contribution in [-0.2, 0) is 11.0 Å². The Balaban J connectivity index is 1.57. The topological polar surface area (TPSA) is 77.8 Å². The predicted octanol–water partition coefficient (Wildman–Crippen LogP) is 6.28. The maximum absolute atomic E-state index is 13.8. The number of hydrogen-bond acceptors (Lipinski definition) is 8. The SMILES string of the molecule is COc1cccc(N2CCN(C3=Nc4cc(Cl)sc4[C@@H](CC(=O)O)N3c3cc(C(F)(F)F)ccc3OC)CC2)c1. The van der Waals surface area contributed by atoms with Gasteiger partial charge in [-0.15, -0.1) is 11.3 Å². The number of carboxylic acid groups (broad SMARTS) is 1. The minimum absolute atomic E-state index is 0.0766. The Morgan fingerprint density at radius 3 is 2.45 bits per heavy atom. The van der Waals surface area contributed by atoms with Gasteiger partial charge in [0.2, 0.25) is 5.96 Å². The van der Waals surface area contributed by atoms with E-state index in [-0.39, 0.29) is 17.9 Å². The number of anilines is 2. The number of nitrogens with zero attached hydrogens (tertiary/aromatic N) is 4. The molecule has 0 amide bonds. The van der Waals surface area contributed by atoms with Gasteiger partial charge in [0, 0.05) is 37.9 Å². The number of carboxylic acids is 1. The van der Waals surface area contributed by atoms with Crippen molar-refractivity contribution in [2.75, 3.05) is 50.2 Å². The van der Waals surface area contributed by atoms with Crippen LogP contribution in [0.2, 0.25) is 4.34 Å². The maximum Gasteiger partial charge on any atom is 0.416 e. The fraction of sp³-hybridized carbons (Fsp3) is 0.333. The van der Waals surface area contributed by atoms with Crippen LogP contribution in [0.4, 0.5) is 30.2 Å². The van der Waals surface area contributed by atoms with E-state index in [2.05, 4.69) is 4.90 Å². The molecule has 212 valence electrons. The second-order valence-corrected chi connectivity index (χ2v) is 11.0. The van der Waals surface area contributed by atoms with Gasteiger partial charge in [-0.1, -0.05) is 17.7 Å². The number of thiophene rings is 1. The summed E-state index contributed by atoms with van der Waals surface area (Å²) in [5.74, 6) is 0.131. The van der Waals surface area contributed by atoms with Crippen molar-refractivity contribution in [3.05, 3.63) is 63.3 Å². The molecular formula is C27H26ClF3N4O4S. The van der Waals surface area contributed by atoms with Gasteiger partial charge in [0.1, 0.15) is 11.5 Å². The molecule has 0 aliphatic carbocycles. The first-order chi connectivity index (χ1) is 19.1. The number of piperazine rings is 1. The van der Waals surface area contributed by atoms with E-state index in [0.29, 0.717) is 47.0 Å². The van der Waals surface area contributed by atoms with Crippen molar-refractivity contribution in [1.29, 1.82) is 0 Å². The van der Waals surface area contributed by atoms with Crippen LogP contribution < -0.4 is 19.3 Å². The molecule has 0 saturated carbocycles. The van der Waals surface area contributed by atoms with E-state index in [9.17, 15) is 23.1 Å². The number of aliphatic imine (C=N–C) groups is 1. The smallest absolute Gasteiger partial charge is 0.416 e. The van der Waals surface area contributed by atoms with E-state index < -0.39 is 23.8 Å². The molecule has 0 spiro atoms. The number of rotatable bonds is 6. The van der Waals surface area contributed by atoms with Crippen molar-refractivity contribution >= 4 is 51.9 Å². The third-order valence-electron chi connectivity index (χ3n) is 6.88.